The molecule has 3 rings (SSSR count). The van der Waals surface area contributed by atoms with Crippen molar-refractivity contribution in [2.45, 2.75) is 25.8 Å². The molecule has 0 spiro atoms. The number of hydrogen-bond donors (Lipinski definition) is 1. The Hall–Kier alpha value is -3.29. The van der Waals surface area contributed by atoms with Crippen LogP contribution in [-0.4, -0.2) is 36.6 Å². The molecule has 1 aliphatic rings. The summed E-state index contributed by atoms with van der Waals surface area (Å²) in [7, 11) is 3.17. The smallest absolute Gasteiger partial charge is 0.322 e. The molecule has 1 aliphatic heterocycles. The first-order valence-corrected chi connectivity index (χ1v) is 8.99. The fraction of sp³-hybridized carbons (Fsp3) is 0.350. The molecule has 148 valence electrons. The van der Waals surface area contributed by atoms with Crippen molar-refractivity contribution in [1.29, 1.82) is 0 Å². The van der Waals surface area contributed by atoms with Gasteiger partial charge in [-0.25, -0.2) is 4.79 Å². The SMILES string of the molecule is COc1ccc(C2CCCN2C(=O)Nc2ccc(C)c([N+](=O)[O-])c2)c(OC)c1. The van der Waals surface area contributed by atoms with Crippen molar-refractivity contribution in [3.05, 3.63) is 57.6 Å². The van der Waals surface area contributed by atoms with E-state index in [1.807, 2.05) is 12.1 Å². The molecule has 8 nitrogen and oxygen atoms in total. The van der Waals surface area contributed by atoms with Gasteiger partial charge in [-0.15, -0.1) is 0 Å². The van der Waals surface area contributed by atoms with Gasteiger partial charge >= 0.3 is 6.03 Å². The first kappa shape index (κ1) is 19.5. The van der Waals surface area contributed by atoms with Crippen LogP contribution in [0.1, 0.15) is 30.0 Å². The van der Waals surface area contributed by atoms with Gasteiger partial charge in [0.1, 0.15) is 11.5 Å². The molecule has 0 saturated carbocycles. The fourth-order valence-electron chi connectivity index (χ4n) is 3.51. The normalized spacial score (nSPS) is 16.0. The number of carbonyl (C=O) groups excluding carboxylic acids is 1. The van der Waals surface area contributed by atoms with Crippen LogP contribution in [0, 0.1) is 17.0 Å². The van der Waals surface area contributed by atoms with Gasteiger partial charge in [0.2, 0.25) is 0 Å². The van der Waals surface area contributed by atoms with Crippen molar-refractivity contribution in [3.8, 4) is 11.5 Å². The maximum atomic E-state index is 12.9. The zero-order chi connectivity index (χ0) is 20.3. The number of amides is 2. The van der Waals surface area contributed by atoms with Crippen molar-refractivity contribution in [1.82, 2.24) is 4.90 Å². The van der Waals surface area contributed by atoms with Crippen molar-refractivity contribution >= 4 is 17.4 Å². The van der Waals surface area contributed by atoms with E-state index in [-0.39, 0.29) is 17.8 Å². The standard InChI is InChI=1S/C20H23N3O5/c1-13-6-7-14(11-18(13)23(25)26)21-20(24)22-10-4-5-17(22)16-9-8-15(27-2)12-19(16)28-3/h6-9,11-12,17H,4-5,10H2,1-3H3,(H,21,24). The van der Waals surface area contributed by atoms with Crippen LogP contribution in [0.5, 0.6) is 11.5 Å². The summed E-state index contributed by atoms with van der Waals surface area (Å²) in [6.45, 7) is 2.26. The van der Waals surface area contributed by atoms with E-state index in [0.717, 1.165) is 18.4 Å². The minimum absolute atomic E-state index is 0.0207. The second-order valence-electron chi connectivity index (χ2n) is 6.65. The van der Waals surface area contributed by atoms with Crippen molar-refractivity contribution in [2.24, 2.45) is 0 Å². The third-order valence-corrected chi connectivity index (χ3v) is 4.97. The number of anilines is 1. The molecule has 1 fully saturated rings. The number of rotatable bonds is 5. The summed E-state index contributed by atoms with van der Waals surface area (Å²) in [6.07, 6.45) is 1.67. The zero-order valence-corrected chi connectivity index (χ0v) is 16.1. The highest BCUT2D eigenvalue weighted by Gasteiger charge is 2.32. The van der Waals surface area contributed by atoms with E-state index in [1.165, 1.54) is 6.07 Å². The number of methoxy groups -OCH3 is 2. The summed E-state index contributed by atoms with van der Waals surface area (Å²) in [5.41, 5.74) is 1.83. The maximum absolute atomic E-state index is 12.9. The van der Waals surface area contributed by atoms with E-state index in [9.17, 15) is 14.9 Å². The van der Waals surface area contributed by atoms with Crippen LogP contribution in [0.3, 0.4) is 0 Å². The first-order chi connectivity index (χ1) is 13.4. The Kier molecular flexibility index (Phi) is 5.67. The number of aryl methyl sites for hydroxylation is 1. The van der Waals surface area contributed by atoms with E-state index in [1.54, 1.807) is 44.2 Å². The topological polar surface area (TPSA) is 93.9 Å². The molecular formula is C20H23N3O5. The van der Waals surface area contributed by atoms with E-state index in [0.29, 0.717) is 29.3 Å². The molecule has 2 amide bonds. The summed E-state index contributed by atoms with van der Waals surface area (Å²) in [5, 5.41) is 13.9. The number of nitrogens with zero attached hydrogens (tertiary/aromatic N) is 2. The molecule has 0 bridgehead atoms. The van der Waals surface area contributed by atoms with Crippen LogP contribution in [0.25, 0.3) is 0 Å². The van der Waals surface area contributed by atoms with E-state index >= 15 is 0 Å². The average Bonchev–Trinajstić information content (AvgIpc) is 3.18. The molecule has 1 saturated heterocycles. The van der Waals surface area contributed by atoms with Gasteiger partial charge in [0.25, 0.3) is 5.69 Å². The average molecular weight is 385 g/mol. The van der Waals surface area contributed by atoms with Gasteiger partial charge in [0.05, 0.1) is 25.2 Å². The van der Waals surface area contributed by atoms with Gasteiger partial charge in [-0.3, -0.25) is 10.1 Å². The number of ether oxygens (including phenoxy) is 2. The Labute approximate surface area is 163 Å². The van der Waals surface area contributed by atoms with Gasteiger partial charge in [-0.05, 0) is 38.0 Å². The molecule has 1 heterocycles. The number of nitro groups is 1. The van der Waals surface area contributed by atoms with Crippen LogP contribution in [-0.2, 0) is 0 Å². The van der Waals surface area contributed by atoms with Crippen LogP contribution in [0.15, 0.2) is 36.4 Å². The monoisotopic (exact) mass is 385 g/mol. The lowest BCUT2D eigenvalue weighted by Crippen LogP contribution is -2.34. The number of hydrogen-bond acceptors (Lipinski definition) is 5. The van der Waals surface area contributed by atoms with E-state index in [4.69, 9.17) is 9.47 Å². The van der Waals surface area contributed by atoms with Crippen molar-refractivity contribution < 1.29 is 19.2 Å². The highest BCUT2D eigenvalue weighted by Crippen LogP contribution is 2.39. The highest BCUT2D eigenvalue weighted by molar-refractivity contribution is 5.90. The summed E-state index contributed by atoms with van der Waals surface area (Å²) in [4.78, 5) is 25.3. The van der Waals surface area contributed by atoms with Crippen LogP contribution in [0.2, 0.25) is 0 Å². The first-order valence-electron chi connectivity index (χ1n) is 8.99. The molecule has 0 aliphatic carbocycles. The number of benzene rings is 2. The Morgan fingerprint density at radius 2 is 2.00 bits per heavy atom. The molecule has 28 heavy (non-hydrogen) atoms. The van der Waals surface area contributed by atoms with Crippen LogP contribution < -0.4 is 14.8 Å². The molecule has 0 radical (unpaired) electrons. The Bertz CT molecular complexity index is 899. The molecular weight excluding hydrogens is 362 g/mol. The lowest BCUT2D eigenvalue weighted by molar-refractivity contribution is -0.385. The number of urea groups is 1. The van der Waals surface area contributed by atoms with Gasteiger partial charge in [0, 0.05) is 35.5 Å². The molecule has 0 aromatic heterocycles. The Morgan fingerprint density at radius 3 is 2.68 bits per heavy atom. The van der Waals surface area contributed by atoms with Crippen molar-refractivity contribution in [3.63, 3.8) is 0 Å². The Balaban J connectivity index is 1.82. The predicted molar refractivity (Wildman–Crippen MR) is 105 cm³/mol. The molecule has 1 unspecified atom stereocenters. The van der Waals surface area contributed by atoms with E-state index in [2.05, 4.69) is 5.32 Å². The Morgan fingerprint density at radius 1 is 1.21 bits per heavy atom. The molecule has 8 heteroatoms. The second kappa shape index (κ2) is 8.16. The third kappa shape index (κ3) is 3.85. The lowest BCUT2D eigenvalue weighted by atomic mass is 10.0. The summed E-state index contributed by atoms with van der Waals surface area (Å²) < 4.78 is 10.7. The van der Waals surface area contributed by atoms with Gasteiger partial charge in [0.15, 0.2) is 0 Å². The summed E-state index contributed by atoms with van der Waals surface area (Å²) >= 11 is 0. The largest absolute Gasteiger partial charge is 0.497 e. The van der Waals surface area contributed by atoms with E-state index < -0.39 is 4.92 Å². The molecule has 1 atom stereocenters. The lowest BCUT2D eigenvalue weighted by Gasteiger charge is -2.26. The molecule has 2 aromatic carbocycles. The summed E-state index contributed by atoms with van der Waals surface area (Å²) in [6, 6.07) is 9.79. The fourth-order valence-corrected chi connectivity index (χ4v) is 3.51. The number of nitro benzene ring substituents is 1. The maximum Gasteiger partial charge on any atom is 0.322 e. The number of nitrogens with one attached hydrogen (secondary N) is 1. The van der Waals surface area contributed by atoms with Gasteiger partial charge in [-0.1, -0.05) is 6.07 Å². The van der Waals surface area contributed by atoms with Crippen LogP contribution in [0.4, 0.5) is 16.2 Å². The van der Waals surface area contributed by atoms with Crippen LogP contribution >= 0.6 is 0 Å². The molecule has 1 N–H and O–H groups in total. The summed E-state index contributed by atoms with van der Waals surface area (Å²) in [5.74, 6) is 1.34. The predicted octanol–water partition coefficient (Wildman–Crippen LogP) is 4.29. The third-order valence-electron chi connectivity index (χ3n) is 4.97. The zero-order valence-electron chi connectivity index (χ0n) is 16.1. The minimum Gasteiger partial charge on any atom is -0.497 e. The number of carbonyl (C=O) groups is 1. The van der Waals surface area contributed by atoms with Gasteiger partial charge in [-0.2, -0.15) is 0 Å². The van der Waals surface area contributed by atoms with Gasteiger partial charge < -0.3 is 19.7 Å². The highest BCUT2D eigenvalue weighted by atomic mass is 16.6. The quantitative estimate of drug-likeness (QED) is 0.612. The number of likely N-dealkylation sites (tertiary alicyclic amines) is 1. The second-order valence-corrected chi connectivity index (χ2v) is 6.65. The van der Waals surface area contributed by atoms with Crippen molar-refractivity contribution in [2.75, 3.05) is 26.1 Å². The molecule has 2 aromatic rings. The minimum atomic E-state index is -0.453.